The zero-order chi connectivity index (χ0) is 15.1. The molecule has 1 atom stereocenters. The molecule has 120 valence electrons. The molecule has 0 bridgehead atoms. The fourth-order valence-electron chi connectivity index (χ4n) is 2.81. The van der Waals surface area contributed by atoms with Crippen LogP contribution in [0.25, 0.3) is 0 Å². The number of aromatic nitrogens is 3. The van der Waals surface area contributed by atoms with Crippen molar-refractivity contribution in [3.63, 3.8) is 0 Å². The first kappa shape index (κ1) is 16.8. The van der Waals surface area contributed by atoms with Gasteiger partial charge in [0.25, 0.3) is 0 Å². The molecule has 2 rings (SSSR count). The summed E-state index contributed by atoms with van der Waals surface area (Å²) >= 11 is 2.07. The van der Waals surface area contributed by atoms with Crippen molar-refractivity contribution in [2.24, 2.45) is 11.8 Å². The highest BCUT2D eigenvalue weighted by atomic mass is 32.2. The largest absolute Gasteiger partial charge is 0.271 e. The van der Waals surface area contributed by atoms with Crippen LogP contribution in [0.4, 0.5) is 0 Å². The predicted molar refractivity (Wildman–Crippen MR) is 89.0 cm³/mol. The van der Waals surface area contributed by atoms with Gasteiger partial charge in [0.05, 0.1) is 0 Å². The van der Waals surface area contributed by atoms with Gasteiger partial charge in [0.2, 0.25) is 0 Å². The van der Waals surface area contributed by atoms with E-state index in [1.54, 1.807) is 6.33 Å². The molecule has 1 aliphatic rings. The first-order chi connectivity index (χ1) is 10.2. The van der Waals surface area contributed by atoms with Crippen molar-refractivity contribution >= 4 is 11.8 Å². The average molecular weight is 311 g/mol. The van der Waals surface area contributed by atoms with E-state index in [4.69, 9.17) is 5.84 Å². The number of thioether (sulfide) groups is 1. The Balaban J connectivity index is 1.82. The molecule has 1 saturated carbocycles. The van der Waals surface area contributed by atoms with E-state index >= 15 is 0 Å². The Morgan fingerprint density at radius 1 is 1.38 bits per heavy atom. The molecule has 0 aliphatic heterocycles. The Morgan fingerprint density at radius 2 is 2.14 bits per heavy atom. The maximum atomic E-state index is 5.74. The number of nitrogens with one attached hydrogen (secondary N) is 1. The number of hydrogen-bond acceptors (Lipinski definition) is 5. The molecule has 1 aromatic rings. The predicted octanol–water partition coefficient (Wildman–Crippen LogP) is 2.37. The number of hydrazine groups is 1. The molecule has 0 aromatic carbocycles. The van der Waals surface area contributed by atoms with Crippen LogP contribution in [0.1, 0.15) is 51.8 Å². The van der Waals surface area contributed by atoms with Crippen molar-refractivity contribution in [3.8, 4) is 0 Å². The van der Waals surface area contributed by atoms with Crippen LogP contribution in [0.15, 0.2) is 6.33 Å². The Hall–Kier alpha value is -0.590. The number of hydrogen-bond donors (Lipinski definition) is 2. The van der Waals surface area contributed by atoms with Gasteiger partial charge in [0.15, 0.2) is 0 Å². The van der Waals surface area contributed by atoms with Gasteiger partial charge in [-0.05, 0) is 18.8 Å². The van der Waals surface area contributed by atoms with Crippen LogP contribution in [0.3, 0.4) is 0 Å². The van der Waals surface area contributed by atoms with Gasteiger partial charge in [-0.1, -0.05) is 33.1 Å². The third-order valence-electron chi connectivity index (χ3n) is 3.98. The van der Waals surface area contributed by atoms with Gasteiger partial charge < -0.3 is 0 Å². The van der Waals surface area contributed by atoms with Crippen LogP contribution in [0.5, 0.6) is 0 Å². The van der Waals surface area contributed by atoms with Gasteiger partial charge in [-0.3, -0.25) is 11.3 Å². The second-order valence-corrected chi connectivity index (χ2v) is 7.75. The summed E-state index contributed by atoms with van der Waals surface area (Å²) in [5.41, 5.74) is 2.96. The fraction of sp³-hybridized carbons (Fsp3) is 0.867. The van der Waals surface area contributed by atoms with Gasteiger partial charge in [0, 0.05) is 30.0 Å². The first-order valence-corrected chi connectivity index (χ1v) is 9.18. The quantitative estimate of drug-likeness (QED) is 0.570. The smallest absolute Gasteiger partial charge is 0.138 e. The van der Waals surface area contributed by atoms with Crippen LogP contribution in [-0.4, -0.2) is 31.8 Å². The number of nitrogens with zero attached hydrogens (tertiary/aromatic N) is 3. The van der Waals surface area contributed by atoms with Gasteiger partial charge in [0.1, 0.15) is 12.2 Å². The minimum Gasteiger partial charge on any atom is -0.271 e. The van der Waals surface area contributed by atoms with Crippen molar-refractivity contribution in [1.29, 1.82) is 0 Å². The van der Waals surface area contributed by atoms with Crippen LogP contribution >= 0.6 is 11.8 Å². The molecule has 0 radical (unpaired) electrons. The van der Waals surface area contributed by atoms with E-state index in [0.717, 1.165) is 29.8 Å². The van der Waals surface area contributed by atoms with Crippen molar-refractivity contribution in [2.75, 3.05) is 5.75 Å². The molecular formula is C15H29N5S. The lowest BCUT2D eigenvalue weighted by Gasteiger charge is -2.23. The summed E-state index contributed by atoms with van der Waals surface area (Å²) in [5, 5.41) is 5.15. The van der Waals surface area contributed by atoms with E-state index in [9.17, 15) is 0 Å². The van der Waals surface area contributed by atoms with Crippen molar-refractivity contribution in [3.05, 3.63) is 12.2 Å². The standard InChI is InChI=1S/C15H29N5S/c1-12(2)9-20-15(17-11-18-20)8-13(19-16)10-21-14-6-4-3-5-7-14/h11-14,19H,3-10,16H2,1-2H3. The molecule has 21 heavy (non-hydrogen) atoms. The summed E-state index contributed by atoms with van der Waals surface area (Å²) in [7, 11) is 0. The Kier molecular flexibility index (Phi) is 6.99. The molecule has 3 N–H and O–H groups in total. The monoisotopic (exact) mass is 311 g/mol. The van der Waals surface area contributed by atoms with E-state index in [0.29, 0.717) is 5.92 Å². The number of rotatable bonds is 8. The summed E-state index contributed by atoms with van der Waals surface area (Å²) in [6.45, 7) is 5.31. The first-order valence-electron chi connectivity index (χ1n) is 8.13. The lowest BCUT2D eigenvalue weighted by atomic mass is 10.0. The van der Waals surface area contributed by atoms with Crippen LogP contribution in [-0.2, 0) is 13.0 Å². The molecule has 1 heterocycles. The van der Waals surface area contributed by atoms with E-state index in [1.165, 1.54) is 32.1 Å². The molecular weight excluding hydrogens is 282 g/mol. The second kappa shape index (κ2) is 8.76. The van der Waals surface area contributed by atoms with Crippen molar-refractivity contribution in [2.45, 2.75) is 70.2 Å². The SMILES string of the molecule is CC(C)Cn1ncnc1CC(CSC1CCCCC1)NN. The molecule has 0 spiro atoms. The van der Waals surface area contributed by atoms with Crippen LogP contribution in [0.2, 0.25) is 0 Å². The molecule has 5 nitrogen and oxygen atoms in total. The van der Waals surface area contributed by atoms with Gasteiger partial charge >= 0.3 is 0 Å². The lowest BCUT2D eigenvalue weighted by Crippen LogP contribution is -2.40. The Morgan fingerprint density at radius 3 is 2.81 bits per heavy atom. The lowest BCUT2D eigenvalue weighted by molar-refractivity contribution is 0.451. The van der Waals surface area contributed by atoms with Gasteiger partial charge in [-0.15, -0.1) is 0 Å². The maximum Gasteiger partial charge on any atom is 0.138 e. The summed E-state index contributed by atoms with van der Waals surface area (Å²) in [4.78, 5) is 4.40. The van der Waals surface area contributed by atoms with Gasteiger partial charge in [-0.2, -0.15) is 16.9 Å². The molecule has 1 unspecified atom stereocenters. The number of nitrogens with two attached hydrogens (primary N) is 1. The molecule has 1 aromatic heterocycles. The minimum absolute atomic E-state index is 0.270. The summed E-state index contributed by atoms with van der Waals surface area (Å²) in [6, 6.07) is 0.270. The van der Waals surface area contributed by atoms with E-state index < -0.39 is 0 Å². The zero-order valence-electron chi connectivity index (χ0n) is 13.3. The zero-order valence-corrected chi connectivity index (χ0v) is 14.1. The highest BCUT2D eigenvalue weighted by Crippen LogP contribution is 2.28. The Bertz CT molecular complexity index is 401. The molecule has 1 fully saturated rings. The average Bonchev–Trinajstić information content (AvgIpc) is 2.90. The van der Waals surface area contributed by atoms with Crippen molar-refractivity contribution in [1.82, 2.24) is 20.2 Å². The normalized spacial score (nSPS) is 18.3. The van der Waals surface area contributed by atoms with Gasteiger partial charge in [-0.25, -0.2) is 9.67 Å². The van der Waals surface area contributed by atoms with E-state index in [2.05, 4.69) is 41.1 Å². The summed E-state index contributed by atoms with van der Waals surface area (Å²) in [5.74, 6) is 8.40. The van der Waals surface area contributed by atoms with E-state index in [-0.39, 0.29) is 6.04 Å². The summed E-state index contributed by atoms with van der Waals surface area (Å²) < 4.78 is 2.01. The van der Waals surface area contributed by atoms with E-state index in [1.807, 2.05) is 4.68 Å². The third-order valence-corrected chi connectivity index (χ3v) is 5.52. The molecule has 0 saturated heterocycles. The van der Waals surface area contributed by atoms with Crippen LogP contribution < -0.4 is 11.3 Å². The minimum atomic E-state index is 0.270. The Labute approximate surface area is 132 Å². The summed E-state index contributed by atoms with van der Waals surface area (Å²) in [6.07, 6.45) is 9.43. The van der Waals surface area contributed by atoms with Crippen LogP contribution in [0, 0.1) is 5.92 Å². The molecule has 0 amide bonds. The maximum absolute atomic E-state index is 5.74. The van der Waals surface area contributed by atoms with Crippen molar-refractivity contribution < 1.29 is 0 Å². The molecule has 1 aliphatic carbocycles. The highest BCUT2D eigenvalue weighted by molar-refractivity contribution is 7.99. The molecule has 6 heteroatoms. The second-order valence-electron chi connectivity index (χ2n) is 6.41. The topological polar surface area (TPSA) is 68.8 Å². The fourth-order valence-corrected chi connectivity index (χ4v) is 4.20. The highest BCUT2D eigenvalue weighted by Gasteiger charge is 2.18. The third kappa shape index (κ3) is 5.60.